The smallest absolute Gasteiger partial charge is 0.257 e. The van der Waals surface area contributed by atoms with Gasteiger partial charge in [0.25, 0.3) is 11.9 Å². The van der Waals surface area contributed by atoms with Crippen molar-refractivity contribution >= 4 is 5.91 Å². The number of rotatable bonds is 6. The van der Waals surface area contributed by atoms with Crippen LogP contribution in [-0.2, 0) is 4.74 Å². The third-order valence-corrected chi connectivity index (χ3v) is 4.72. The summed E-state index contributed by atoms with van der Waals surface area (Å²) in [5, 5.41) is 4.33. The SMILES string of the molecule is COCCN(C)C(=O)c1cnn(-c2nccc(-c3ccc4c(c3)OCO4)n2)c1C. The molecule has 3 heterocycles. The van der Waals surface area contributed by atoms with Gasteiger partial charge in [-0.3, -0.25) is 4.79 Å². The van der Waals surface area contributed by atoms with Crippen molar-refractivity contribution in [1.29, 1.82) is 0 Å². The summed E-state index contributed by atoms with van der Waals surface area (Å²) in [7, 11) is 3.33. The summed E-state index contributed by atoms with van der Waals surface area (Å²) < 4.78 is 17.4. The van der Waals surface area contributed by atoms with Crippen LogP contribution in [0.15, 0.2) is 36.7 Å². The topological polar surface area (TPSA) is 91.6 Å². The molecule has 0 spiro atoms. The number of methoxy groups -OCH3 is 1. The Kier molecular flexibility index (Phi) is 5.13. The van der Waals surface area contributed by atoms with Crippen molar-refractivity contribution in [2.45, 2.75) is 6.92 Å². The average molecular weight is 395 g/mol. The zero-order valence-electron chi connectivity index (χ0n) is 16.5. The summed E-state index contributed by atoms with van der Waals surface area (Å²) in [4.78, 5) is 23.2. The summed E-state index contributed by atoms with van der Waals surface area (Å²) in [5.74, 6) is 1.66. The predicted octanol–water partition coefficient (Wildman–Crippen LogP) is 2.08. The molecule has 0 N–H and O–H groups in total. The average Bonchev–Trinajstić information content (AvgIpc) is 3.37. The number of carbonyl (C=O) groups is 1. The van der Waals surface area contributed by atoms with Gasteiger partial charge in [-0.1, -0.05) is 0 Å². The zero-order valence-corrected chi connectivity index (χ0v) is 16.5. The van der Waals surface area contributed by atoms with Crippen LogP contribution in [0.25, 0.3) is 17.2 Å². The Bertz CT molecular complexity index is 1050. The first-order valence-electron chi connectivity index (χ1n) is 9.11. The first-order chi connectivity index (χ1) is 14.1. The lowest BCUT2D eigenvalue weighted by Gasteiger charge is -2.16. The second-order valence-electron chi connectivity index (χ2n) is 6.58. The van der Waals surface area contributed by atoms with Crippen LogP contribution in [0.2, 0.25) is 0 Å². The number of ether oxygens (including phenoxy) is 3. The van der Waals surface area contributed by atoms with E-state index in [4.69, 9.17) is 14.2 Å². The van der Waals surface area contributed by atoms with Crippen molar-refractivity contribution in [3.63, 3.8) is 0 Å². The minimum atomic E-state index is -0.127. The van der Waals surface area contributed by atoms with Crippen LogP contribution in [0.5, 0.6) is 11.5 Å². The summed E-state index contributed by atoms with van der Waals surface area (Å²) in [6, 6.07) is 7.45. The number of hydrogen-bond donors (Lipinski definition) is 0. The highest BCUT2D eigenvalue weighted by molar-refractivity contribution is 5.95. The maximum Gasteiger partial charge on any atom is 0.257 e. The molecule has 4 rings (SSSR count). The number of hydrogen-bond acceptors (Lipinski definition) is 7. The molecule has 1 aromatic carbocycles. The number of fused-ring (bicyclic) bond motifs is 1. The van der Waals surface area contributed by atoms with Gasteiger partial charge < -0.3 is 19.1 Å². The Morgan fingerprint density at radius 2 is 2.10 bits per heavy atom. The van der Waals surface area contributed by atoms with Crippen molar-refractivity contribution in [2.75, 3.05) is 34.1 Å². The normalized spacial score (nSPS) is 12.2. The van der Waals surface area contributed by atoms with Gasteiger partial charge in [-0.25, -0.2) is 14.6 Å². The summed E-state index contributed by atoms with van der Waals surface area (Å²) in [6.07, 6.45) is 3.20. The third kappa shape index (κ3) is 3.64. The largest absolute Gasteiger partial charge is 0.454 e. The predicted molar refractivity (Wildman–Crippen MR) is 104 cm³/mol. The number of benzene rings is 1. The van der Waals surface area contributed by atoms with E-state index in [1.165, 1.54) is 6.20 Å². The van der Waals surface area contributed by atoms with E-state index in [-0.39, 0.29) is 12.7 Å². The van der Waals surface area contributed by atoms with Crippen molar-refractivity contribution in [1.82, 2.24) is 24.6 Å². The van der Waals surface area contributed by atoms with Crippen LogP contribution in [-0.4, -0.2) is 64.7 Å². The first kappa shape index (κ1) is 18.9. The van der Waals surface area contributed by atoms with E-state index in [0.29, 0.717) is 47.6 Å². The fourth-order valence-corrected chi connectivity index (χ4v) is 3.02. The van der Waals surface area contributed by atoms with E-state index >= 15 is 0 Å². The monoisotopic (exact) mass is 395 g/mol. The molecule has 9 nitrogen and oxygen atoms in total. The molecule has 0 bridgehead atoms. The molecule has 0 atom stereocenters. The van der Waals surface area contributed by atoms with E-state index in [9.17, 15) is 4.79 Å². The number of likely N-dealkylation sites (N-methyl/N-ethyl adjacent to an activating group) is 1. The molecule has 1 amide bonds. The highest BCUT2D eigenvalue weighted by Crippen LogP contribution is 2.35. The Hall–Kier alpha value is -3.46. The second kappa shape index (κ2) is 7.88. The molecule has 1 aliphatic heterocycles. The van der Waals surface area contributed by atoms with E-state index in [1.54, 1.807) is 29.9 Å². The van der Waals surface area contributed by atoms with Gasteiger partial charge in [0, 0.05) is 32.5 Å². The molecule has 0 radical (unpaired) electrons. The Morgan fingerprint density at radius 3 is 2.93 bits per heavy atom. The fourth-order valence-electron chi connectivity index (χ4n) is 3.02. The van der Waals surface area contributed by atoms with Gasteiger partial charge in [0.05, 0.1) is 29.8 Å². The maximum absolute atomic E-state index is 12.7. The standard InChI is InChI=1S/C20H21N5O4/c1-13-15(19(26)24(2)8-9-27-3)11-22-25(13)20-21-7-6-16(23-20)14-4-5-17-18(10-14)29-12-28-17/h4-7,10-11H,8-9,12H2,1-3H3. The third-order valence-electron chi connectivity index (χ3n) is 4.72. The highest BCUT2D eigenvalue weighted by Gasteiger charge is 2.20. The van der Waals surface area contributed by atoms with E-state index < -0.39 is 0 Å². The number of amides is 1. The highest BCUT2D eigenvalue weighted by atomic mass is 16.7. The number of aromatic nitrogens is 4. The second-order valence-corrected chi connectivity index (χ2v) is 6.58. The van der Waals surface area contributed by atoms with Crippen LogP contribution < -0.4 is 9.47 Å². The first-order valence-corrected chi connectivity index (χ1v) is 9.11. The van der Waals surface area contributed by atoms with E-state index in [1.807, 2.05) is 31.2 Å². The lowest BCUT2D eigenvalue weighted by atomic mass is 10.1. The van der Waals surface area contributed by atoms with E-state index in [0.717, 1.165) is 5.56 Å². The molecule has 1 aliphatic rings. The Morgan fingerprint density at radius 1 is 1.28 bits per heavy atom. The van der Waals surface area contributed by atoms with Crippen molar-refractivity contribution < 1.29 is 19.0 Å². The van der Waals surface area contributed by atoms with Gasteiger partial charge in [-0.05, 0) is 31.2 Å². The van der Waals surface area contributed by atoms with Crippen LogP contribution >= 0.6 is 0 Å². The molecule has 0 saturated carbocycles. The van der Waals surface area contributed by atoms with Crippen LogP contribution in [0.3, 0.4) is 0 Å². The lowest BCUT2D eigenvalue weighted by Crippen LogP contribution is -2.30. The minimum absolute atomic E-state index is 0.127. The molecule has 0 aliphatic carbocycles. The zero-order chi connectivity index (χ0) is 20.4. The quantitative estimate of drug-likeness (QED) is 0.631. The Balaban J connectivity index is 1.62. The molecule has 0 unspecified atom stereocenters. The van der Waals surface area contributed by atoms with Gasteiger partial charge in [-0.2, -0.15) is 5.10 Å². The molecule has 9 heteroatoms. The summed E-state index contributed by atoms with van der Waals surface area (Å²) in [6.45, 7) is 3.00. The van der Waals surface area contributed by atoms with Crippen molar-refractivity contribution in [3.05, 3.63) is 47.9 Å². The molecule has 0 saturated heterocycles. The Labute approximate surface area is 167 Å². The molecular formula is C20H21N5O4. The fraction of sp³-hybridized carbons (Fsp3) is 0.300. The van der Waals surface area contributed by atoms with Gasteiger partial charge in [0.1, 0.15) is 0 Å². The molecule has 0 fully saturated rings. The number of nitrogens with zero attached hydrogens (tertiary/aromatic N) is 5. The maximum atomic E-state index is 12.7. The van der Waals surface area contributed by atoms with Crippen molar-refractivity contribution in [2.24, 2.45) is 0 Å². The van der Waals surface area contributed by atoms with Gasteiger partial charge in [0.15, 0.2) is 11.5 Å². The molecule has 150 valence electrons. The minimum Gasteiger partial charge on any atom is -0.454 e. The molecular weight excluding hydrogens is 374 g/mol. The summed E-state index contributed by atoms with van der Waals surface area (Å²) >= 11 is 0. The van der Waals surface area contributed by atoms with Gasteiger partial charge >= 0.3 is 0 Å². The van der Waals surface area contributed by atoms with Gasteiger partial charge in [-0.15, -0.1) is 0 Å². The molecule has 3 aromatic rings. The molecule has 29 heavy (non-hydrogen) atoms. The van der Waals surface area contributed by atoms with Crippen LogP contribution in [0.1, 0.15) is 16.1 Å². The van der Waals surface area contributed by atoms with Crippen LogP contribution in [0.4, 0.5) is 0 Å². The molecule has 2 aromatic heterocycles. The number of carbonyl (C=O) groups excluding carboxylic acids is 1. The van der Waals surface area contributed by atoms with E-state index in [2.05, 4.69) is 15.1 Å². The lowest BCUT2D eigenvalue weighted by molar-refractivity contribution is 0.0743. The van der Waals surface area contributed by atoms with Gasteiger partial charge in [0.2, 0.25) is 6.79 Å². The van der Waals surface area contributed by atoms with Crippen molar-refractivity contribution in [3.8, 4) is 28.7 Å². The summed E-state index contributed by atoms with van der Waals surface area (Å²) in [5.41, 5.74) is 2.76. The van der Waals surface area contributed by atoms with Crippen LogP contribution in [0, 0.1) is 6.92 Å².